The fourth-order valence-electron chi connectivity index (χ4n) is 5.84. The van der Waals surface area contributed by atoms with Gasteiger partial charge in [-0.1, -0.05) is 0 Å². The SMILES string of the molecule is C[C@@H]1Oc2c(F)cc(C3CCN(C4CN(C(=O)OC(C)(C)C)C4)CC3)cc2Nc2ncnc(-c3cnn(C)c3)c21. The van der Waals surface area contributed by atoms with E-state index in [1.807, 2.05) is 47.0 Å². The molecule has 6 rings (SSSR count). The zero-order chi connectivity index (χ0) is 28.2. The Hall–Kier alpha value is -3.73. The molecule has 10 nitrogen and oxygen atoms in total. The van der Waals surface area contributed by atoms with Crippen molar-refractivity contribution in [3.63, 3.8) is 0 Å². The highest BCUT2D eigenvalue weighted by Gasteiger charge is 2.38. The first kappa shape index (κ1) is 26.5. The van der Waals surface area contributed by atoms with Crippen LogP contribution in [0.1, 0.15) is 63.7 Å². The number of carbonyl (C=O) groups excluding carboxylic acids is 1. The van der Waals surface area contributed by atoms with Crippen LogP contribution in [0.5, 0.6) is 5.75 Å². The van der Waals surface area contributed by atoms with Crippen LogP contribution in [-0.4, -0.2) is 73.5 Å². The maximum atomic E-state index is 15.5. The summed E-state index contributed by atoms with van der Waals surface area (Å²) in [7, 11) is 1.85. The fourth-order valence-corrected chi connectivity index (χ4v) is 5.84. The number of amides is 1. The summed E-state index contributed by atoms with van der Waals surface area (Å²) in [6.45, 7) is 10.7. The van der Waals surface area contributed by atoms with Crippen molar-refractivity contribution in [1.29, 1.82) is 0 Å². The molecule has 11 heteroatoms. The first-order valence-electron chi connectivity index (χ1n) is 13.9. The number of hydrogen-bond donors (Lipinski definition) is 1. The average Bonchev–Trinajstić information content (AvgIpc) is 3.23. The van der Waals surface area contributed by atoms with Gasteiger partial charge in [-0.25, -0.2) is 19.2 Å². The molecule has 3 aliphatic heterocycles. The third-order valence-corrected chi connectivity index (χ3v) is 7.91. The van der Waals surface area contributed by atoms with Crippen molar-refractivity contribution in [3.8, 4) is 17.0 Å². The molecular formula is C29H36FN7O3. The van der Waals surface area contributed by atoms with Gasteiger partial charge in [-0.2, -0.15) is 5.10 Å². The van der Waals surface area contributed by atoms with E-state index in [0.717, 1.165) is 42.6 Å². The summed E-state index contributed by atoms with van der Waals surface area (Å²) in [5.74, 6) is 0.646. The Bertz CT molecular complexity index is 1420. The van der Waals surface area contributed by atoms with Crippen molar-refractivity contribution in [2.45, 2.75) is 64.2 Å². The standard InChI is InChI=1S/C29H36FN7O3/c1-17-24-25(20-12-33-35(5)13-20)31-16-32-27(24)34-23-11-19(10-22(30)26(23)39-17)18-6-8-36(9-7-18)21-14-37(15-21)28(38)40-29(2,3)4/h10-13,16-18,21H,6-9,14-15H2,1-5H3,(H,31,32,34)/t17-/m0/s1. The maximum Gasteiger partial charge on any atom is 0.410 e. The number of halogens is 1. The average molecular weight is 550 g/mol. The Morgan fingerprint density at radius 3 is 2.60 bits per heavy atom. The first-order chi connectivity index (χ1) is 19.1. The molecule has 2 fully saturated rings. The van der Waals surface area contributed by atoms with Crippen LogP contribution < -0.4 is 10.1 Å². The highest BCUT2D eigenvalue weighted by atomic mass is 19.1. The number of hydrogen-bond acceptors (Lipinski definition) is 8. The molecule has 5 heterocycles. The first-order valence-corrected chi connectivity index (χ1v) is 13.9. The van der Waals surface area contributed by atoms with Crippen LogP contribution in [0.4, 0.5) is 20.7 Å². The number of aromatic nitrogens is 4. The van der Waals surface area contributed by atoms with Gasteiger partial charge in [0.1, 0.15) is 23.9 Å². The molecule has 2 saturated heterocycles. The summed E-state index contributed by atoms with van der Waals surface area (Å²) in [6.07, 6.45) is 6.26. The lowest BCUT2D eigenvalue weighted by atomic mass is 9.87. The quantitative estimate of drug-likeness (QED) is 0.487. The molecule has 1 N–H and O–H groups in total. The lowest BCUT2D eigenvalue weighted by Crippen LogP contribution is -2.62. The van der Waals surface area contributed by atoms with E-state index in [4.69, 9.17) is 9.47 Å². The maximum absolute atomic E-state index is 15.5. The van der Waals surface area contributed by atoms with Gasteiger partial charge in [0.15, 0.2) is 11.6 Å². The van der Waals surface area contributed by atoms with E-state index < -0.39 is 11.7 Å². The van der Waals surface area contributed by atoms with Crippen LogP contribution in [0.25, 0.3) is 11.3 Å². The number of rotatable bonds is 3. The molecule has 0 spiro atoms. The summed E-state index contributed by atoms with van der Waals surface area (Å²) in [6, 6.07) is 3.96. The van der Waals surface area contributed by atoms with Crippen LogP contribution in [0, 0.1) is 5.82 Å². The van der Waals surface area contributed by atoms with Crippen molar-refractivity contribution in [3.05, 3.63) is 47.8 Å². The van der Waals surface area contributed by atoms with E-state index in [-0.39, 0.29) is 23.6 Å². The monoisotopic (exact) mass is 549 g/mol. The molecule has 40 heavy (non-hydrogen) atoms. The van der Waals surface area contributed by atoms with Crippen LogP contribution >= 0.6 is 0 Å². The zero-order valence-corrected chi connectivity index (χ0v) is 23.6. The molecule has 0 unspecified atom stereocenters. The Balaban J connectivity index is 1.15. The van der Waals surface area contributed by atoms with Gasteiger partial charge in [0.2, 0.25) is 0 Å². The molecule has 1 amide bonds. The Kier molecular flexibility index (Phi) is 6.64. The van der Waals surface area contributed by atoms with Gasteiger partial charge in [0, 0.05) is 37.9 Å². The predicted molar refractivity (Wildman–Crippen MR) is 148 cm³/mol. The Labute approximate surface area is 233 Å². The van der Waals surface area contributed by atoms with Crippen LogP contribution in [0.2, 0.25) is 0 Å². The van der Waals surface area contributed by atoms with Crippen molar-refractivity contribution >= 4 is 17.6 Å². The van der Waals surface area contributed by atoms with E-state index in [9.17, 15) is 4.79 Å². The van der Waals surface area contributed by atoms with Gasteiger partial charge >= 0.3 is 6.09 Å². The number of aryl methyl sites for hydroxylation is 1. The number of benzene rings is 1. The molecule has 0 saturated carbocycles. The third kappa shape index (κ3) is 5.10. The highest BCUT2D eigenvalue weighted by Crippen LogP contribution is 2.44. The van der Waals surface area contributed by atoms with Gasteiger partial charge in [0.05, 0.1) is 23.1 Å². The number of carbonyl (C=O) groups is 1. The van der Waals surface area contributed by atoms with E-state index in [1.54, 1.807) is 21.8 Å². The fraction of sp³-hybridized carbons (Fsp3) is 0.517. The van der Waals surface area contributed by atoms with Gasteiger partial charge < -0.3 is 19.7 Å². The van der Waals surface area contributed by atoms with Gasteiger partial charge in [0.25, 0.3) is 0 Å². The van der Waals surface area contributed by atoms with E-state index in [0.29, 0.717) is 36.3 Å². The normalized spacial score (nSPS) is 20.1. The second kappa shape index (κ2) is 10.0. The minimum Gasteiger partial charge on any atom is -0.481 e. The van der Waals surface area contributed by atoms with E-state index >= 15 is 4.39 Å². The van der Waals surface area contributed by atoms with Crippen LogP contribution in [0.3, 0.4) is 0 Å². The molecule has 0 aliphatic carbocycles. The number of fused-ring (bicyclic) bond motifs is 2. The number of nitrogens with one attached hydrogen (secondary N) is 1. The lowest BCUT2D eigenvalue weighted by molar-refractivity contribution is -0.0196. The number of anilines is 2. The van der Waals surface area contributed by atoms with Crippen molar-refractivity contribution in [2.24, 2.45) is 7.05 Å². The summed E-state index contributed by atoms with van der Waals surface area (Å²) < 4.78 is 28.9. The largest absolute Gasteiger partial charge is 0.481 e. The van der Waals surface area contributed by atoms with E-state index in [1.165, 1.54) is 6.33 Å². The number of likely N-dealkylation sites (tertiary alicyclic amines) is 2. The lowest BCUT2D eigenvalue weighted by Gasteiger charge is -2.47. The van der Waals surface area contributed by atoms with Crippen molar-refractivity contribution < 1.29 is 18.7 Å². The van der Waals surface area contributed by atoms with Crippen molar-refractivity contribution in [2.75, 3.05) is 31.5 Å². The smallest absolute Gasteiger partial charge is 0.410 e. The summed E-state index contributed by atoms with van der Waals surface area (Å²) in [5.41, 5.74) is 3.36. The second-order valence-corrected chi connectivity index (χ2v) is 12.0. The van der Waals surface area contributed by atoms with Gasteiger partial charge in [-0.15, -0.1) is 0 Å². The third-order valence-electron chi connectivity index (χ3n) is 7.91. The molecule has 2 aromatic heterocycles. The molecule has 1 aromatic carbocycles. The molecule has 0 radical (unpaired) electrons. The Morgan fingerprint density at radius 2 is 1.93 bits per heavy atom. The minimum absolute atomic E-state index is 0.195. The second-order valence-electron chi connectivity index (χ2n) is 12.0. The summed E-state index contributed by atoms with van der Waals surface area (Å²) >= 11 is 0. The van der Waals surface area contributed by atoms with Crippen LogP contribution in [-0.2, 0) is 11.8 Å². The zero-order valence-electron chi connectivity index (χ0n) is 23.6. The molecule has 3 aromatic rings. The Morgan fingerprint density at radius 1 is 1.18 bits per heavy atom. The molecule has 3 aliphatic rings. The molecule has 0 bridgehead atoms. The molecular weight excluding hydrogens is 513 g/mol. The number of piperidine rings is 1. The van der Waals surface area contributed by atoms with E-state index in [2.05, 4.69) is 25.3 Å². The molecule has 212 valence electrons. The highest BCUT2D eigenvalue weighted by molar-refractivity contribution is 5.75. The predicted octanol–water partition coefficient (Wildman–Crippen LogP) is 5.01. The molecule has 1 atom stereocenters. The minimum atomic E-state index is -0.488. The van der Waals surface area contributed by atoms with Crippen LogP contribution in [0.15, 0.2) is 30.9 Å². The number of ether oxygens (including phenoxy) is 2. The number of nitrogens with zero attached hydrogens (tertiary/aromatic N) is 6. The van der Waals surface area contributed by atoms with Gasteiger partial charge in [-0.05, 0) is 77.2 Å². The van der Waals surface area contributed by atoms with Crippen molar-refractivity contribution in [1.82, 2.24) is 29.5 Å². The topological polar surface area (TPSA) is 97.6 Å². The summed E-state index contributed by atoms with van der Waals surface area (Å²) in [4.78, 5) is 25.5. The summed E-state index contributed by atoms with van der Waals surface area (Å²) in [5, 5.41) is 7.61. The van der Waals surface area contributed by atoms with Gasteiger partial charge in [-0.3, -0.25) is 9.58 Å².